The first-order valence-corrected chi connectivity index (χ1v) is 8.68. The Labute approximate surface area is 153 Å². The summed E-state index contributed by atoms with van der Waals surface area (Å²) in [6.07, 6.45) is 1.84. The van der Waals surface area contributed by atoms with E-state index in [0.29, 0.717) is 19.7 Å². The van der Waals surface area contributed by atoms with Crippen LogP contribution in [-0.4, -0.2) is 74.0 Å². The number of anilines is 1. The number of ether oxygens (including phenoxy) is 2. The first kappa shape index (κ1) is 18.4. The van der Waals surface area contributed by atoms with Gasteiger partial charge in [0.05, 0.1) is 32.1 Å². The summed E-state index contributed by atoms with van der Waals surface area (Å²) in [5, 5.41) is 9.99. The Bertz CT molecular complexity index is 796. The molecular weight excluding hydrogens is 334 g/mol. The molecule has 7 nitrogen and oxygen atoms in total. The molecule has 1 aromatic carbocycles. The van der Waals surface area contributed by atoms with Crippen molar-refractivity contribution in [2.75, 3.05) is 51.8 Å². The summed E-state index contributed by atoms with van der Waals surface area (Å²) in [6, 6.07) is 5.95. The topological polar surface area (TPSA) is 75.1 Å². The predicted molar refractivity (Wildman–Crippen MR) is 100 cm³/mol. The fourth-order valence-corrected chi connectivity index (χ4v) is 3.54. The van der Waals surface area contributed by atoms with Gasteiger partial charge in [-0.1, -0.05) is 12.1 Å². The fourth-order valence-electron chi connectivity index (χ4n) is 3.54. The SMILES string of the molecule is COc1cccc2c(N3CCOC(CN(C)CC(=O)O)C3)c(C)cnc12. The van der Waals surface area contributed by atoms with Crippen molar-refractivity contribution in [3.05, 3.63) is 30.0 Å². The number of pyridine rings is 1. The van der Waals surface area contributed by atoms with Crippen LogP contribution in [0, 0.1) is 6.92 Å². The van der Waals surface area contributed by atoms with Crippen molar-refractivity contribution in [2.24, 2.45) is 0 Å². The zero-order valence-electron chi connectivity index (χ0n) is 15.4. The van der Waals surface area contributed by atoms with Crippen molar-refractivity contribution < 1.29 is 19.4 Å². The van der Waals surface area contributed by atoms with Gasteiger partial charge >= 0.3 is 5.97 Å². The minimum absolute atomic E-state index is 0.00821. The average molecular weight is 359 g/mol. The van der Waals surface area contributed by atoms with E-state index in [1.54, 1.807) is 19.1 Å². The van der Waals surface area contributed by atoms with Crippen molar-refractivity contribution in [1.29, 1.82) is 0 Å². The predicted octanol–water partition coefficient (Wildman–Crippen LogP) is 1.77. The number of carboxylic acid groups (broad SMARTS) is 1. The van der Waals surface area contributed by atoms with Crippen molar-refractivity contribution in [2.45, 2.75) is 13.0 Å². The first-order valence-electron chi connectivity index (χ1n) is 8.68. The van der Waals surface area contributed by atoms with E-state index < -0.39 is 5.97 Å². The molecule has 0 radical (unpaired) electrons. The number of nitrogens with zero attached hydrogens (tertiary/aromatic N) is 3. The Balaban J connectivity index is 1.86. The number of methoxy groups -OCH3 is 1. The summed E-state index contributed by atoms with van der Waals surface area (Å²) >= 11 is 0. The third kappa shape index (κ3) is 3.89. The lowest BCUT2D eigenvalue weighted by atomic mass is 10.1. The minimum atomic E-state index is -0.830. The molecule has 7 heteroatoms. The molecule has 26 heavy (non-hydrogen) atoms. The number of aryl methyl sites for hydroxylation is 1. The maximum atomic E-state index is 10.9. The number of fused-ring (bicyclic) bond motifs is 1. The summed E-state index contributed by atoms with van der Waals surface area (Å²) in [5.74, 6) is -0.0713. The Morgan fingerprint density at radius 2 is 2.31 bits per heavy atom. The average Bonchev–Trinajstić information content (AvgIpc) is 2.60. The van der Waals surface area contributed by atoms with Crippen LogP contribution in [0.5, 0.6) is 5.75 Å². The second-order valence-electron chi connectivity index (χ2n) is 6.68. The Kier molecular flexibility index (Phi) is 5.58. The van der Waals surface area contributed by atoms with E-state index in [1.165, 1.54) is 0 Å². The highest BCUT2D eigenvalue weighted by Gasteiger charge is 2.25. The molecule has 1 N–H and O–H groups in total. The lowest BCUT2D eigenvalue weighted by molar-refractivity contribution is -0.138. The van der Waals surface area contributed by atoms with E-state index in [9.17, 15) is 4.79 Å². The van der Waals surface area contributed by atoms with Crippen LogP contribution in [0.3, 0.4) is 0 Å². The fraction of sp³-hybridized carbons (Fsp3) is 0.474. The van der Waals surface area contributed by atoms with Gasteiger partial charge in [0.15, 0.2) is 0 Å². The third-order valence-corrected chi connectivity index (χ3v) is 4.61. The summed E-state index contributed by atoms with van der Waals surface area (Å²) in [7, 11) is 3.45. The van der Waals surface area contributed by atoms with E-state index in [0.717, 1.165) is 34.4 Å². The number of aliphatic carboxylic acids is 1. The monoisotopic (exact) mass is 359 g/mol. The van der Waals surface area contributed by atoms with Gasteiger partial charge in [0.2, 0.25) is 0 Å². The molecular formula is C19H25N3O4. The molecule has 1 fully saturated rings. The summed E-state index contributed by atoms with van der Waals surface area (Å²) in [6.45, 7) is 4.75. The highest BCUT2D eigenvalue weighted by molar-refractivity contribution is 5.96. The van der Waals surface area contributed by atoms with Crippen LogP contribution in [0.2, 0.25) is 0 Å². The van der Waals surface area contributed by atoms with Crippen molar-refractivity contribution in [1.82, 2.24) is 9.88 Å². The van der Waals surface area contributed by atoms with Crippen molar-refractivity contribution in [3.63, 3.8) is 0 Å². The van der Waals surface area contributed by atoms with Crippen LogP contribution < -0.4 is 9.64 Å². The highest BCUT2D eigenvalue weighted by Crippen LogP contribution is 2.34. The molecule has 0 saturated carbocycles. The molecule has 2 aromatic rings. The van der Waals surface area contributed by atoms with Gasteiger partial charge in [-0.25, -0.2) is 0 Å². The molecule has 1 saturated heterocycles. The van der Waals surface area contributed by atoms with Crippen LogP contribution in [0.15, 0.2) is 24.4 Å². The van der Waals surface area contributed by atoms with Gasteiger partial charge in [0.1, 0.15) is 11.3 Å². The number of morpholine rings is 1. The van der Waals surface area contributed by atoms with Gasteiger partial charge in [-0.2, -0.15) is 0 Å². The first-order chi connectivity index (χ1) is 12.5. The second-order valence-corrected chi connectivity index (χ2v) is 6.68. The van der Waals surface area contributed by atoms with Gasteiger partial charge in [0, 0.05) is 31.2 Å². The zero-order chi connectivity index (χ0) is 18.7. The maximum Gasteiger partial charge on any atom is 0.317 e. The number of para-hydroxylation sites is 1. The summed E-state index contributed by atoms with van der Waals surface area (Å²) in [4.78, 5) is 19.5. The number of carbonyl (C=O) groups is 1. The molecule has 0 bridgehead atoms. The van der Waals surface area contributed by atoms with E-state index in [2.05, 4.69) is 22.9 Å². The molecule has 1 atom stereocenters. The lowest BCUT2D eigenvalue weighted by Gasteiger charge is -2.37. The summed E-state index contributed by atoms with van der Waals surface area (Å²) in [5.41, 5.74) is 3.09. The molecule has 1 aliphatic heterocycles. The van der Waals surface area contributed by atoms with E-state index in [1.807, 2.05) is 18.3 Å². The van der Waals surface area contributed by atoms with Crippen LogP contribution in [-0.2, 0) is 9.53 Å². The molecule has 0 spiro atoms. The van der Waals surface area contributed by atoms with Crippen LogP contribution in [0.4, 0.5) is 5.69 Å². The van der Waals surface area contributed by atoms with Crippen molar-refractivity contribution >= 4 is 22.6 Å². The molecule has 1 aliphatic rings. The maximum absolute atomic E-state index is 10.9. The van der Waals surface area contributed by atoms with Crippen molar-refractivity contribution in [3.8, 4) is 5.75 Å². The zero-order valence-corrected chi connectivity index (χ0v) is 15.4. The van der Waals surface area contributed by atoms with E-state index in [4.69, 9.17) is 14.6 Å². The van der Waals surface area contributed by atoms with Gasteiger partial charge in [-0.3, -0.25) is 14.7 Å². The van der Waals surface area contributed by atoms with E-state index >= 15 is 0 Å². The Hall–Kier alpha value is -2.38. The Morgan fingerprint density at radius 3 is 3.04 bits per heavy atom. The number of likely N-dealkylation sites (N-methyl/N-ethyl adjacent to an activating group) is 1. The molecule has 3 rings (SSSR count). The Morgan fingerprint density at radius 1 is 1.50 bits per heavy atom. The molecule has 0 aliphatic carbocycles. The third-order valence-electron chi connectivity index (χ3n) is 4.61. The van der Waals surface area contributed by atoms with Crippen LogP contribution in [0.25, 0.3) is 10.9 Å². The molecule has 2 heterocycles. The minimum Gasteiger partial charge on any atom is -0.494 e. The largest absolute Gasteiger partial charge is 0.494 e. The quantitative estimate of drug-likeness (QED) is 0.842. The number of aromatic nitrogens is 1. The van der Waals surface area contributed by atoms with Gasteiger partial charge in [-0.15, -0.1) is 0 Å². The number of carboxylic acids is 1. The molecule has 140 valence electrons. The highest BCUT2D eigenvalue weighted by atomic mass is 16.5. The lowest BCUT2D eigenvalue weighted by Crippen LogP contribution is -2.48. The molecule has 1 aromatic heterocycles. The van der Waals surface area contributed by atoms with E-state index in [-0.39, 0.29) is 12.6 Å². The van der Waals surface area contributed by atoms with Gasteiger partial charge in [-0.05, 0) is 25.6 Å². The van der Waals surface area contributed by atoms with Gasteiger partial charge < -0.3 is 19.5 Å². The summed E-state index contributed by atoms with van der Waals surface area (Å²) < 4.78 is 11.3. The van der Waals surface area contributed by atoms with Crippen LogP contribution >= 0.6 is 0 Å². The normalized spacial score (nSPS) is 17.7. The van der Waals surface area contributed by atoms with Gasteiger partial charge in [0.25, 0.3) is 0 Å². The standard InChI is InChI=1S/C19H25N3O4/c1-13-9-20-18-15(5-4-6-16(18)25-3)19(13)22-7-8-26-14(11-22)10-21(2)12-17(23)24/h4-6,9,14H,7-8,10-12H2,1-3H3,(H,23,24). The number of hydrogen-bond acceptors (Lipinski definition) is 6. The molecule has 1 unspecified atom stereocenters. The molecule has 0 amide bonds. The van der Waals surface area contributed by atoms with Crippen LogP contribution in [0.1, 0.15) is 5.56 Å². The number of hydrogen-bond donors (Lipinski definition) is 1. The second kappa shape index (κ2) is 7.88. The number of benzene rings is 1. The smallest absolute Gasteiger partial charge is 0.317 e. The number of rotatable bonds is 6.